The van der Waals surface area contributed by atoms with Crippen molar-refractivity contribution in [2.24, 2.45) is 0 Å². The minimum atomic E-state index is -1.45. The van der Waals surface area contributed by atoms with Gasteiger partial charge in [-0.05, 0) is 0 Å². The second-order valence-corrected chi connectivity index (χ2v) is 2.67. The lowest BCUT2D eigenvalue weighted by molar-refractivity contribution is -0.506. The normalized spacial score (nSPS) is 21.4. The van der Waals surface area contributed by atoms with Gasteiger partial charge in [0.1, 0.15) is 0 Å². The topological polar surface area (TPSA) is 115 Å². The summed E-state index contributed by atoms with van der Waals surface area (Å²) in [5.74, 6) is -0.812. The fraction of sp³-hybridized carbons (Fsp3) is 0.500. The van der Waals surface area contributed by atoms with Crippen LogP contribution in [0.3, 0.4) is 0 Å². The number of carbonyl (C=O) groups excluding carboxylic acids is 2. The lowest BCUT2D eigenvalue weighted by atomic mass is 10.2. The maximum atomic E-state index is 11.1. The van der Waals surface area contributed by atoms with Crippen LogP contribution in [0.25, 0.3) is 0 Å². The van der Waals surface area contributed by atoms with Crippen molar-refractivity contribution in [3.63, 3.8) is 0 Å². The molecular weight excluding hydrogens is 194 g/mol. The molecule has 1 aliphatic heterocycles. The Balaban J connectivity index is 0.00000169. The quantitative estimate of drug-likeness (QED) is 0.282. The number of likely N-dealkylation sites (N-methyl/N-ethyl adjacent to an activating group) is 1. The third-order valence-electron chi connectivity index (χ3n) is 1.76. The lowest BCUT2D eigenvalue weighted by Crippen LogP contribution is -2.53. The summed E-state index contributed by atoms with van der Waals surface area (Å²) in [5.41, 5.74) is 0. The Morgan fingerprint density at radius 2 is 2.07 bits per heavy atom. The van der Waals surface area contributed by atoms with Gasteiger partial charge in [-0.3, -0.25) is 10.1 Å². The van der Waals surface area contributed by atoms with E-state index in [0.29, 0.717) is 0 Å². The highest BCUT2D eigenvalue weighted by molar-refractivity contribution is 6.05. The number of carbonyl (C=O) groups is 2. The van der Waals surface area contributed by atoms with E-state index in [-0.39, 0.29) is 5.48 Å². The van der Waals surface area contributed by atoms with Gasteiger partial charge in [-0.25, -0.2) is 4.79 Å². The highest BCUT2D eigenvalue weighted by Crippen LogP contribution is 2.02. The second-order valence-electron chi connectivity index (χ2n) is 2.67. The Labute approximate surface area is 78.9 Å². The van der Waals surface area contributed by atoms with Crippen molar-refractivity contribution in [3.05, 3.63) is 10.1 Å². The van der Waals surface area contributed by atoms with Crippen LogP contribution in [0.5, 0.6) is 0 Å². The Morgan fingerprint density at radius 3 is 2.50 bits per heavy atom. The van der Waals surface area contributed by atoms with Crippen LogP contribution >= 0.6 is 0 Å². The highest BCUT2D eigenvalue weighted by Gasteiger charge is 2.46. The summed E-state index contributed by atoms with van der Waals surface area (Å²) in [6, 6.07) is -2.02. The molecule has 0 aliphatic carbocycles. The molecule has 1 atom stereocenters. The zero-order valence-corrected chi connectivity index (χ0v) is 7.63. The largest absolute Gasteiger partial charge is 0.500 e. The summed E-state index contributed by atoms with van der Waals surface area (Å²) in [6.45, 7) is 0. The first kappa shape index (κ1) is 12.2. The zero-order chi connectivity index (χ0) is 10.2. The average Bonchev–Trinajstić information content (AvgIpc) is 2.07. The molecule has 8 nitrogen and oxygen atoms in total. The van der Waals surface area contributed by atoms with Crippen molar-refractivity contribution in [1.29, 1.82) is 0 Å². The van der Waals surface area contributed by atoms with Gasteiger partial charge < -0.3 is 5.48 Å². The molecule has 0 saturated heterocycles. The molecule has 0 fully saturated rings. The summed E-state index contributed by atoms with van der Waals surface area (Å²) in [4.78, 5) is 32.6. The Morgan fingerprint density at radius 1 is 1.57 bits per heavy atom. The highest BCUT2D eigenvalue weighted by atomic mass is 16.6. The van der Waals surface area contributed by atoms with Crippen LogP contribution in [-0.4, -0.2) is 58.2 Å². The van der Waals surface area contributed by atoms with Crippen LogP contribution in [0.2, 0.25) is 0 Å². The molecule has 0 bridgehead atoms. The molecule has 1 unspecified atom stereocenters. The molecule has 0 aromatic rings. The maximum Gasteiger partial charge on any atom is 0.500 e. The van der Waals surface area contributed by atoms with E-state index in [4.69, 9.17) is 0 Å². The van der Waals surface area contributed by atoms with Crippen LogP contribution in [-0.2, 0) is 4.79 Å². The third-order valence-corrected chi connectivity index (χ3v) is 1.76. The molecule has 78 valence electrons. The molecule has 0 aromatic carbocycles. The molecule has 0 saturated carbocycles. The molecule has 14 heavy (non-hydrogen) atoms. The molecule has 0 aromatic heterocycles. The first-order valence-electron chi connectivity index (χ1n) is 3.48. The van der Waals surface area contributed by atoms with Gasteiger partial charge in [-0.15, -0.1) is 0 Å². The van der Waals surface area contributed by atoms with Gasteiger partial charge in [0.2, 0.25) is 0 Å². The van der Waals surface area contributed by atoms with E-state index >= 15 is 0 Å². The molecule has 2 N–H and O–H groups in total. The number of urea groups is 1. The Bertz CT molecular complexity index is 323. The van der Waals surface area contributed by atoms with Gasteiger partial charge in [0, 0.05) is 4.92 Å². The summed E-state index contributed by atoms with van der Waals surface area (Å²) in [5, 5.41) is 10.4. The van der Waals surface area contributed by atoms with E-state index in [1.165, 1.54) is 14.1 Å². The van der Waals surface area contributed by atoms with Crippen LogP contribution in [0.4, 0.5) is 4.79 Å². The number of imide groups is 1. The van der Waals surface area contributed by atoms with Crippen LogP contribution < -0.4 is 0 Å². The van der Waals surface area contributed by atoms with Crippen LogP contribution in [0.15, 0.2) is 0 Å². The van der Waals surface area contributed by atoms with E-state index in [1.54, 1.807) is 0 Å². The maximum absolute atomic E-state index is 11.1. The van der Waals surface area contributed by atoms with Gasteiger partial charge in [0.05, 0.1) is 14.1 Å². The zero-order valence-electron chi connectivity index (χ0n) is 7.63. The van der Waals surface area contributed by atoms with Crippen LogP contribution in [0.1, 0.15) is 0 Å². The molecule has 8 heteroatoms. The molecule has 3 amide bonds. The predicted octanol–water partition coefficient (Wildman–Crippen LogP) is -1.89. The van der Waals surface area contributed by atoms with Crippen molar-refractivity contribution < 1.29 is 24.6 Å². The van der Waals surface area contributed by atoms with Gasteiger partial charge >= 0.3 is 18.0 Å². The Kier molecular flexibility index (Phi) is 3.41. The number of amides is 3. The van der Waals surface area contributed by atoms with E-state index in [9.17, 15) is 19.7 Å². The molecule has 1 rings (SSSR count). The SMILES string of the molecule is CN1C(=O)C([N+](=O)[O-])C=[N+](C)C1=O.O. The van der Waals surface area contributed by atoms with Gasteiger partial charge in [0.25, 0.3) is 0 Å². The fourth-order valence-corrected chi connectivity index (χ4v) is 1.01. The minimum absolute atomic E-state index is 0. The van der Waals surface area contributed by atoms with Crippen molar-refractivity contribution in [3.8, 4) is 0 Å². The number of nitrogens with zero attached hydrogens (tertiary/aromatic N) is 3. The van der Waals surface area contributed by atoms with Gasteiger partial charge in [0.15, 0.2) is 6.21 Å². The third kappa shape index (κ3) is 1.74. The predicted molar refractivity (Wildman–Crippen MR) is 44.8 cm³/mol. The molecule has 1 aliphatic rings. The van der Waals surface area contributed by atoms with E-state index in [0.717, 1.165) is 15.7 Å². The van der Waals surface area contributed by atoms with Crippen molar-refractivity contribution in [2.45, 2.75) is 6.04 Å². The van der Waals surface area contributed by atoms with Crippen molar-refractivity contribution >= 4 is 18.2 Å². The summed E-state index contributed by atoms with van der Waals surface area (Å²) < 4.78 is 1.02. The molecule has 0 spiro atoms. The monoisotopic (exact) mass is 204 g/mol. The summed E-state index contributed by atoms with van der Waals surface area (Å²) in [6.07, 6.45) is 0.991. The van der Waals surface area contributed by atoms with E-state index in [1.807, 2.05) is 0 Å². The summed E-state index contributed by atoms with van der Waals surface area (Å²) >= 11 is 0. The molecule has 0 radical (unpaired) electrons. The van der Waals surface area contributed by atoms with Crippen molar-refractivity contribution in [1.82, 2.24) is 4.90 Å². The smallest absolute Gasteiger partial charge is 0.412 e. The lowest BCUT2D eigenvalue weighted by Gasteiger charge is -2.13. The summed E-state index contributed by atoms with van der Waals surface area (Å²) in [7, 11) is 2.58. The number of rotatable bonds is 1. The fourth-order valence-electron chi connectivity index (χ4n) is 1.01. The number of hydrogen-bond donors (Lipinski definition) is 0. The van der Waals surface area contributed by atoms with Gasteiger partial charge in [-0.1, -0.05) is 0 Å². The minimum Gasteiger partial charge on any atom is -0.412 e. The number of nitro groups is 1. The van der Waals surface area contributed by atoms with Crippen LogP contribution in [0, 0.1) is 10.1 Å². The standard InChI is InChI=1S/C6H8N3O4.H2O/c1-7-3-4(9(12)13)5(10)8(2)6(7)11;/h3-4H,1-2H3;1H2/q+1;. The van der Waals surface area contributed by atoms with Gasteiger partial charge in [-0.2, -0.15) is 14.3 Å². The first-order chi connectivity index (χ1) is 5.95. The van der Waals surface area contributed by atoms with Crippen molar-refractivity contribution in [2.75, 3.05) is 14.1 Å². The molecular formula is C6H10N3O5+. The second kappa shape index (κ2) is 3.92. The number of hydrogen-bond acceptors (Lipinski definition) is 4. The van der Waals surface area contributed by atoms with E-state index in [2.05, 4.69) is 0 Å². The first-order valence-corrected chi connectivity index (χ1v) is 3.48. The van der Waals surface area contributed by atoms with E-state index < -0.39 is 22.9 Å². The Hall–Kier alpha value is -1.83. The average molecular weight is 204 g/mol. The molecule has 1 heterocycles.